The minimum Gasteiger partial charge on any atom is -0.489 e. The van der Waals surface area contributed by atoms with E-state index in [1.54, 1.807) is 6.08 Å². The Morgan fingerprint density at radius 2 is 1.97 bits per heavy atom. The molecule has 0 unspecified atom stereocenters. The van der Waals surface area contributed by atoms with Gasteiger partial charge in [0.25, 0.3) is 0 Å². The third kappa shape index (κ3) is 5.39. The molecule has 0 saturated carbocycles. The zero-order chi connectivity index (χ0) is 24.9. The number of aryl methyl sites for hydroxylation is 1. The van der Waals surface area contributed by atoms with Gasteiger partial charge in [-0.05, 0) is 67.1 Å². The number of nitrogens with one attached hydrogen (secondary N) is 1. The van der Waals surface area contributed by atoms with Gasteiger partial charge in [0.05, 0.1) is 5.56 Å². The molecular weight excluding hydrogens is 434 g/mol. The van der Waals surface area contributed by atoms with Crippen LogP contribution in [-0.2, 0) is 0 Å². The molecule has 4 rings (SSSR count). The Hall–Kier alpha value is -3.63. The fourth-order valence-electron chi connectivity index (χ4n) is 4.93. The molecule has 3 aromatic carbocycles. The van der Waals surface area contributed by atoms with E-state index in [-0.39, 0.29) is 18.1 Å². The van der Waals surface area contributed by atoms with Crippen LogP contribution in [0.3, 0.4) is 0 Å². The van der Waals surface area contributed by atoms with E-state index in [4.69, 9.17) is 4.74 Å². The molecule has 1 heterocycles. The maximum Gasteiger partial charge on any atom is 0.335 e. The topological polar surface area (TPSA) is 58.6 Å². The summed E-state index contributed by atoms with van der Waals surface area (Å²) < 4.78 is 6.38. The number of carboxylic acid groups (broad SMARTS) is 1. The van der Waals surface area contributed by atoms with Crippen molar-refractivity contribution >= 4 is 12.0 Å². The number of aromatic carboxylic acids is 1. The van der Waals surface area contributed by atoms with Crippen LogP contribution in [0.15, 0.2) is 79.4 Å². The molecule has 0 amide bonds. The van der Waals surface area contributed by atoms with Crippen LogP contribution in [0, 0.1) is 13.8 Å². The van der Waals surface area contributed by atoms with Crippen molar-refractivity contribution in [1.29, 1.82) is 0 Å². The van der Waals surface area contributed by atoms with Crippen molar-refractivity contribution in [3.05, 3.63) is 118 Å². The Morgan fingerprint density at radius 1 is 1.17 bits per heavy atom. The molecule has 0 spiro atoms. The van der Waals surface area contributed by atoms with Crippen LogP contribution in [0.5, 0.6) is 5.75 Å². The van der Waals surface area contributed by atoms with Gasteiger partial charge in [-0.2, -0.15) is 0 Å². The van der Waals surface area contributed by atoms with Gasteiger partial charge >= 0.3 is 5.97 Å². The van der Waals surface area contributed by atoms with Gasteiger partial charge < -0.3 is 15.2 Å². The summed E-state index contributed by atoms with van der Waals surface area (Å²) in [5.41, 5.74) is 6.94. The largest absolute Gasteiger partial charge is 0.489 e. The zero-order valence-electron chi connectivity index (χ0n) is 20.6. The van der Waals surface area contributed by atoms with Gasteiger partial charge in [-0.1, -0.05) is 73.3 Å². The minimum atomic E-state index is -0.891. The predicted octanol–water partition coefficient (Wildman–Crippen LogP) is 6.83. The first-order valence-electron chi connectivity index (χ1n) is 12.1. The lowest BCUT2D eigenvalue weighted by atomic mass is 9.83. The lowest BCUT2D eigenvalue weighted by molar-refractivity contribution is 0.0696. The maximum absolute atomic E-state index is 11.7. The highest BCUT2D eigenvalue weighted by atomic mass is 16.5. The summed E-state index contributed by atoms with van der Waals surface area (Å²) in [5, 5.41) is 13.3. The molecule has 1 aliphatic rings. The summed E-state index contributed by atoms with van der Waals surface area (Å²) in [5.74, 6) is 0.0560. The van der Waals surface area contributed by atoms with E-state index < -0.39 is 5.97 Å². The van der Waals surface area contributed by atoms with Crippen molar-refractivity contribution in [2.45, 2.75) is 45.3 Å². The number of hydrogen-bond donors (Lipinski definition) is 2. The molecule has 0 fully saturated rings. The number of para-hydroxylation sites is 1. The molecule has 3 atom stereocenters. The molecule has 0 aliphatic carbocycles. The predicted molar refractivity (Wildman–Crippen MR) is 142 cm³/mol. The van der Waals surface area contributed by atoms with Gasteiger partial charge in [0.1, 0.15) is 11.9 Å². The lowest BCUT2D eigenvalue weighted by Crippen LogP contribution is -2.37. The first kappa shape index (κ1) is 24.5. The molecule has 1 aliphatic heterocycles. The quantitative estimate of drug-likeness (QED) is 0.356. The fraction of sp³-hybridized carbons (Fsp3) is 0.258. The number of allylic oxidation sites excluding steroid dienone is 2. The van der Waals surface area contributed by atoms with Gasteiger partial charge in [-0.25, -0.2) is 4.79 Å². The van der Waals surface area contributed by atoms with E-state index in [0.29, 0.717) is 12.1 Å². The van der Waals surface area contributed by atoms with Crippen LogP contribution in [0.2, 0.25) is 0 Å². The van der Waals surface area contributed by atoms with E-state index >= 15 is 0 Å². The standard InChI is InChI=1S/C31H33NO3/c1-5-6-10-23-11-9-13-26(21(23)3)22(4)32-19-25-18-29(27-12-7-8-14-30(27)35-25)24-16-15-20(2)28(17-24)31(33)34/h5-17,22,25,29,32H,1,18-19H2,2-4H3,(H,33,34)/b10-6-/t22-,25-,29+/m1/s1. The van der Waals surface area contributed by atoms with E-state index in [1.165, 1.54) is 16.7 Å². The van der Waals surface area contributed by atoms with Crippen molar-refractivity contribution in [1.82, 2.24) is 5.32 Å². The molecule has 4 nitrogen and oxygen atoms in total. The Labute approximate surface area is 208 Å². The van der Waals surface area contributed by atoms with Gasteiger partial charge in [0.2, 0.25) is 0 Å². The van der Waals surface area contributed by atoms with Crippen LogP contribution in [0.1, 0.15) is 69.0 Å². The van der Waals surface area contributed by atoms with E-state index in [2.05, 4.69) is 56.1 Å². The third-order valence-electron chi connectivity index (χ3n) is 6.93. The number of carbonyl (C=O) groups is 1. The SMILES string of the molecule is C=C/C=C\c1cccc([C@@H](C)NC[C@H]2C[C@@H](c3ccc(C)c(C(=O)O)c3)c3ccccc3O2)c1C. The summed E-state index contributed by atoms with van der Waals surface area (Å²) in [6.07, 6.45) is 6.57. The average Bonchev–Trinajstić information content (AvgIpc) is 2.86. The van der Waals surface area contributed by atoms with Gasteiger partial charge in [-0.15, -0.1) is 0 Å². The van der Waals surface area contributed by atoms with E-state index in [9.17, 15) is 9.90 Å². The van der Waals surface area contributed by atoms with E-state index in [1.807, 2.05) is 49.4 Å². The summed E-state index contributed by atoms with van der Waals surface area (Å²) in [7, 11) is 0. The number of fused-ring (bicyclic) bond motifs is 1. The third-order valence-corrected chi connectivity index (χ3v) is 6.93. The summed E-state index contributed by atoms with van der Waals surface area (Å²) >= 11 is 0. The zero-order valence-corrected chi connectivity index (χ0v) is 20.6. The number of hydrogen-bond acceptors (Lipinski definition) is 3. The molecule has 0 aromatic heterocycles. The van der Waals surface area contributed by atoms with Crippen molar-refractivity contribution < 1.29 is 14.6 Å². The van der Waals surface area contributed by atoms with Crippen molar-refractivity contribution in [3.8, 4) is 5.75 Å². The molecule has 2 N–H and O–H groups in total. The molecular formula is C31H33NO3. The summed E-state index contributed by atoms with van der Waals surface area (Å²) in [6, 6.07) is 20.4. The normalized spacial score (nSPS) is 18.0. The fourth-order valence-corrected chi connectivity index (χ4v) is 4.93. The number of carboxylic acids is 1. The highest BCUT2D eigenvalue weighted by Gasteiger charge is 2.30. The maximum atomic E-state index is 11.7. The van der Waals surface area contributed by atoms with Crippen molar-refractivity contribution in [2.24, 2.45) is 0 Å². The Balaban J connectivity index is 1.55. The molecule has 180 valence electrons. The second-order valence-corrected chi connectivity index (χ2v) is 9.23. The van der Waals surface area contributed by atoms with Crippen molar-refractivity contribution in [2.75, 3.05) is 6.54 Å². The van der Waals surface area contributed by atoms with Gasteiger partial charge in [0, 0.05) is 24.1 Å². The molecule has 0 saturated heterocycles. The van der Waals surface area contributed by atoms with Crippen LogP contribution >= 0.6 is 0 Å². The molecule has 4 heteroatoms. The Morgan fingerprint density at radius 3 is 2.74 bits per heavy atom. The van der Waals surface area contributed by atoms with Crippen LogP contribution in [-0.4, -0.2) is 23.7 Å². The Bertz CT molecular complexity index is 1260. The molecule has 35 heavy (non-hydrogen) atoms. The Kier molecular flexibility index (Phi) is 7.52. The average molecular weight is 468 g/mol. The minimum absolute atomic E-state index is 0.0314. The lowest BCUT2D eigenvalue weighted by Gasteiger charge is -2.33. The van der Waals surface area contributed by atoms with Crippen molar-refractivity contribution in [3.63, 3.8) is 0 Å². The second kappa shape index (κ2) is 10.7. The highest BCUT2D eigenvalue weighted by molar-refractivity contribution is 5.89. The van der Waals surface area contributed by atoms with Gasteiger partial charge in [0.15, 0.2) is 0 Å². The van der Waals surface area contributed by atoms with E-state index in [0.717, 1.165) is 28.9 Å². The smallest absolute Gasteiger partial charge is 0.335 e. The van der Waals surface area contributed by atoms with Crippen LogP contribution in [0.4, 0.5) is 0 Å². The summed E-state index contributed by atoms with van der Waals surface area (Å²) in [4.78, 5) is 11.7. The van der Waals surface area contributed by atoms with Gasteiger partial charge in [-0.3, -0.25) is 0 Å². The number of ether oxygens (including phenoxy) is 1. The molecule has 0 radical (unpaired) electrons. The first-order valence-corrected chi connectivity index (χ1v) is 12.1. The first-order chi connectivity index (χ1) is 16.9. The van der Waals surface area contributed by atoms with Crippen LogP contribution in [0.25, 0.3) is 6.08 Å². The van der Waals surface area contributed by atoms with Crippen LogP contribution < -0.4 is 10.1 Å². The number of benzene rings is 3. The molecule has 0 bridgehead atoms. The second-order valence-electron chi connectivity index (χ2n) is 9.23. The molecule has 3 aromatic rings. The number of rotatable bonds is 8. The highest BCUT2D eigenvalue weighted by Crippen LogP contribution is 2.40. The monoisotopic (exact) mass is 467 g/mol. The summed E-state index contributed by atoms with van der Waals surface area (Å²) in [6.45, 7) is 10.6.